The highest BCUT2D eigenvalue weighted by atomic mass is 16.6. The van der Waals surface area contributed by atoms with Crippen LogP contribution in [0.3, 0.4) is 0 Å². The van der Waals surface area contributed by atoms with Crippen molar-refractivity contribution in [2.24, 2.45) is 0 Å². The summed E-state index contributed by atoms with van der Waals surface area (Å²) in [4.78, 5) is 11.6. The number of carbonyl (C=O) groups excluding carboxylic acids is 1. The van der Waals surface area contributed by atoms with Crippen LogP contribution in [0, 0.1) is 0 Å². The summed E-state index contributed by atoms with van der Waals surface area (Å²) in [6, 6.07) is 0. The summed E-state index contributed by atoms with van der Waals surface area (Å²) in [6.07, 6.45) is -2.37. The van der Waals surface area contributed by atoms with Crippen LogP contribution in [0.1, 0.15) is 0 Å². The molecule has 0 saturated carbocycles. The van der Waals surface area contributed by atoms with Crippen molar-refractivity contribution in [1.82, 2.24) is 0 Å². The van der Waals surface area contributed by atoms with Crippen LogP contribution in [0.15, 0.2) is 24.2 Å². The largest absolute Gasteiger partial charge is 0.487 e. The summed E-state index contributed by atoms with van der Waals surface area (Å²) in [6.45, 7) is 1.94. The lowest BCUT2D eigenvalue weighted by atomic mass is 10.2. The van der Waals surface area contributed by atoms with Crippen LogP contribution in [0.25, 0.3) is 0 Å². The number of carbonyl (C=O) groups is 1. The molecule has 0 radical (unpaired) electrons. The zero-order valence-electron chi connectivity index (χ0n) is 10.8. The Kier molecular flexibility index (Phi) is 6.46. The molecule has 3 atom stereocenters. The molecule has 0 aromatic carbocycles. The number of cyclic esters (lactones) is 1. The lowest BCUT2D eigenvalue weighted by Crippen LogP contribution is -2.33. The van der Waals surface area contributed by atoms with Crippen molar-refractivity contribution in [2.45, 2.75) is 18.3 Å². The van der Waals surface area contributed by atoms with Gasteiger partial charge in [0.2, 0.25) is 5.76 Å². The fourth-order valence-corrected chi connectivity index (χ4v) is 1.46. The molecule has 20 heavy (non-hydrogen) atoms. The van der Waals surface area contributed by atoms with Crippen LogP contribution >= 0.6 is 0 Å². The Morgan fingerprint density at radius 1 is 1.30 bits per heavy atom. The number of ether oxygens (including phenoxy) is 3. The van der Waals surface area contributed by atoms with Gasteiger partial charge in [-0.3, -0.25) is 0 Å². The molecule has 0 aliphatic carbocycles. The average molecular weight is 290 g/mol. The number of aliphatic hydroxyl groups is 4. The van der Waals surface area contributed by atoms with Crippen LogP contribution in [-0.2, 0) is 19.0 Å². The van der Waals surface area contributed by atoms with Crippen LogP contribution in [0.5, 0.6) is 0 Å². The van der Waals surface area contributed by atoms with Gasteiger partial charge < -0.3 is 34.6 Å². The fourth-order valence-electron chi connectivity index (χ4n) is 1.46. The quantitative estimate of drug-likeness (QED) is 0.285. The number of hydrogen-bond acceptors (Lipinski definition) is 8. The third-order valence-corrected chi connectivity index (χ3v) is 2.43. The topological polar surface area (TPSA) is 126 Å². The zero-order chi connectivity index (χ0) is 15.1. The summed E-state index contributed by atoms with van der Waals surface area (Å²) >= 11 is 0. The first-order chi connectivity index (χ1) is 9.54. The Morgan fingerprint density at radius 2 is 2.00 bits per heavy atom. The maximum atomic E-state index is 11.6. The van der Waals surface area contributed by atoms with E-state index in [9.17, 15) is 15.0 Å². The third-order valence-electron chi connectivity index (χ3n) is 2.43. The van der Waals surface area contributed by atoms with Gasteiger partial charge in [0.05, 0.1) is 13.2 Å². The second-order valence-corrected chi connectivity index (χ2v) is 4.02. The molecule has 0 saturated heterocycles. The van der Waals surface area contributed by atoms with Crippen molar-refractivity contribution in [1.29, 1.82) is 0 Å². The van der Waals surface area contributed by atoms with Gasteiger partial charge in [-0.2, -0.15) is 0 Å². The Balaban J connectivity index is 2.89. The predicted molar refractivity (Wildman–Crippen MR) is 65.2 cm³/mol. The summed E-state index contributed by atoms with van der Waals surface area (Å²) < 4.78 is 15.1. The van der Waals surface area contributed by atoms with Gasteiger partial charge in [-0.1, -0.05) is 12.7 Å². The van der Waals surface area contributed by atoms with E-state index < -0.39 is 37.5 Å². The maximum Gasteiger partial charge on any atom is 0.378 e. The average Bonchev–Trinajstić information content (AvgIpc) is 2.77. The van der Waals surface area contributed by atoms with Gasteiger partial charge in [0.15, 0.2) is 11.9 Å². The van der Waals surface area contributed by atoms with Gasteiger partial charge in [-0.25, -0.2) is 4.79 Å². The highest BCUT2D eigenvalue weighted by Crippen LogP contribution is 2.27. The molecule has 1 aliphatic rings. The second kappa shape index (κ2) is 7.85. The molecule has 1 aliphatic heterocycles. The Labute approximate surface area is 115 Å². The van der Waals surface area contributed by atoms with Crippen molar-refractivity contribution < 1.29 is 39.4 Å². The van der Waals surface area contributed by atoms with Gasteiger partial charge in [0.25, 0.3) is 0 Å². The molecular weight excluding hydrogens is 272 g/mol. The van der Waals surface area contributed by atoms with Gasteiger partial charge in [0, 0.05) is 0 Å². The van der Waals surface area contributed by atoms with Gasteiger partial charge in [-0.05, 0) is 0 Å². The van der Waals surface area contributed by atoms with E-state index in [0.717, 1.165) is 0 Å². The molecule has 1 heterocycles. The van der Waals surface area contributed by atoms with Crippen LogP contribution < -0.4 is 0 Å². The molecule has 8 heteroatoms. The molecule has 0 amide bonds. The summed E-state index contributed by atoms with van der Waals surface area (Å²) in [5, 5.41) is 36.4. The fraction of sp³-hybridized carbons (Fsp3) is 0.583. The molecule has 0 bridgehead atoms. The molecule has 8 nitrogen and oxygen atoms in total. The van der Waals surface area contributed by atoms with E-state index in [4.69, 9.17) is 24.4 Å². The van der Waals surface area contributed by atoms with Crippen molar-refractivity contribution in [3.63, 3.8) is 0 Å². The Bertz CT molecular complexity index is 378. The molecule has 0 aromatic heterocycles. The first-order valence-electron chi connectivity index (χ1n) is 5.94. The predicted octanol–water partition coefficient (Wildman–Crippen LogP) is -1.95. The van der Waals surface area contributed by atoms with Crippen molar-refractivity contribution >= 4 is 5.97 Å². The summed E-state index contributed by atoms with van der Waals surface area (Å²) in [5.74, 6) is -1.24. The van der Waals surface area contributed by atoms with E-state index in [1.165, 1.54) is 6.08 Å². The minimum absolute atomic E-state index is 0.0157. The Hall–Kier alpha value is -1.61. The molecule has 114 valence electrons. The van der Waals surface area contributed by atoms with Gasteiger partial charge >= 0.3 is 5.97 Å². The molecule has 0 spiro atoms. The number of hydrogen-bond donors (Lipinski definition) is 4. The molecule has 3 unspecified atom stereocenters. The van der Waals surface area contributed by atoms with E-state index in [0.29, 0.717) is 0 Å². The molecule has 4 N–H and O–H groups in total. The minimum Gasteiger partial charge on any atom is -0.487 e. The standard InChI is InChI=1S/C12H18O8/c1-2-3-18-11-10(19-6-7(15)4-13)9(8(16)5-14)20-12(11)17/h2,7-9,13-16H,1,3-6H2. The van der Waals surface area contributed by atoms with Crippen molar-refractivity contribution in [3.05, 3.63) is 24.2 Å². The second-order valence-electron chi connectivity index (χ2n) is 4.02. The Morgan fingerprint density at radius 3 is 2.55 bits per heavy atom. The smallest absolute Gasteiger partial charge is 0.378 e. The van der Waals surface area contributed by atoms with Gasteiger partial charge in [-0.15, -0.1) is 0 Å². The maximum absolute atomic E-state index is 11.6. The van der Waals surface area contributed by atoms with E-state index in [1.807, 2.05) is 0 Å². The first-order valence-corrected chi connectivity index (χ1v) is 5.94. The molecule has 1 rings (SSSR count). The lowest BCUT2D eigenvalue weighted by molar-refractivity contribution is -0.148. The highest BCUT2D eigenvalue weighted by molar-refractivity contribution is 5.89. The van der Waals surface area contributed by atoms with Crippen LogP contribution in [-0.4, -0.2) is 71.1 Å². The monoisotopic (exact) mass is 290 g/mol. The number of esters is 1. The minimum atomic E-state index is -1.38. The van der Waals surface area contributed by atoms with Crippen LogP contribution in [0.4, 0.5) is 0 Å². The third kappa shape index (κ3) is 3.94. The highest BCUT2D eigenvalue weighted by Gasteiger charge is 2.41. The van der Waals surface area contributed by atoms with E-state index in [2.05, 4.69) is 6.58 Å². The zero-order valence-corrected chi connectivity index (χ0v) is 10.8. The van der Waals surface area contributed by atoms with Gasteiger partial charge in [0.1, 0.15) is 25.4 Å². The number of aliphatic hydroxyl groups excluding tert-OH is 4. The van der Waals surface area contributed by atoms with E-state index in [-0.39, 0.29) is 24.7 Å². The van der Waals surface area contributed by atoms with E-state index >= 15 is 0 Å². The summed E-state index contributed by atoms with van der Waals surface area (Å²) in [7, 11) is 0. The molecule has 0 fully saturated rings. The van der Waals surface area contributed by atoms with E-state index in [1.54, 1.807) is 0 Å². The SMILES string of the molecule is C=CCOC1=C(OCC(O)CO)C(C(O)CO)OC1=O. The molecule has 0 aromatic rings. The number of rotatable bonds is 9. The first kappa shape index (κ1) is 16.4. The van der Waals surface area contributed by atoms with Crippen molar-refractivity contribution in [3.8, 4) is 0 Å². The van der Waals surface area contributed by atoms with Crippen LogP contribution in [0.2, 0.25) is 0 Å². The molecular formula is C12H18O8. The summed E-state index contributed by atoms with van der Waals surface area (Å²) in [5.41, 5.74) is 0. The normalized spacial score (nSPS) is 21.4. The van der Waals surface area contributed by atoms with Crippen molar-refractivity contribution in [2.75, 3.05) is 26.4 Å². The lowest BCUT2D eigenvalue weighted by Gasteiger charge is -2.19.